The van der Waals surface area contributed by atoms with Gasteiger partial charge in [0.15, 0.2) is 0 Å². The normalized spacial score (nSPS) is 41.2. The molecule has 2 aliphatic rings. The zero-order valence-corrected chi connectivity index (χ0v) is 9.27. The minimum absolute atomic E-state index is 0.107. The molecule has 0 aromatic carbocycles. The molecule has 0 aromatic heterocycles. The number of ether oxygens (including phenoxy) is 1. The smallest absolute Gasteiger partial charge is 0.0701 e. The highest BCUT2D eigenvalue weighted by atomic mass is 16.5. The van der Waals surface area contributed by atoms with E-state index in [0.717, 1.165) is 19.3 Å². The Morgan fingerprint density at radius 1 is 1.00 bits per heavy atom. The molecular weight excluding hydrogens is 192 g/mol. The Morgan fingerprint density at radius 3 is 2.47 bits per heavy atom. The number of rotatable bonds is 3. The molecule has 0 aliphatic heterocycles. The third kappa shape index (κ3) is 2.52. The molecular formula is C12H22O3. The van der Waals surface area contributed by atoms with Gasteiger partial charge in [0.1, 0.15) is 0 Å². The summed E-state index contributed by atoms with van der Waals surface area (Å²) in [5.41, 5.74) is 0. The van der Waals surface area contributed by atoms with Crippen LogP contribution in [0.5, 0.6) is 0 Å². The maximum Gasteiger partial charge on any atom is 0.0701 e. The van der Waals surface area contributed by atoms with E-state index in [1.54, 1.807) is 0 Å². The molecule has 4 atom stereocenters. The summed E-state index contributed by atoms with van der Waals surface area (Å²) in [6, 6.07) is 0. The molecule has 0 aromatic rings. The lowest BCUT2D eigenvalue weighted by molar-refractivity contribution is -0.0970. The lowest BCUT2D eigenvalue weighted by atomic mass is 9.68. The number of hydrogen-bond acceptors (Lipinski definition) is 3. The molecule has 0 bridgehead atoms. The Labute approximate surface area is 91.4 Å². The zero-order chi connectivity index (χ0) is 10.7. The molecule has 0 radical (unpaired) electrons. The van der Waals surface area contributed by atoms with Gasteiger partial charge in [0.05, 0.1) is 25.4 Å². The van der Waals surface area contributed by atoms with E-state index in [2.05, 4.69) is 0 Å². The van der Waals surface area contributed by atoms with E-state index < -0.39 is 0 Å². The topological polar surface area (TPSA) is 49.7 Å². The van der Waals surface area contributed by atoms with E-state index in [1.165, 1.54) is 19.3 Å². The van der Waals surface area contributed by atoms with Gasteiger partial charge in [-0.3, -0.25) is 0 Å². The van der Waals surface area contributed by atoms with Crippen molar-refractivity contribution < 1.29 is 14.9 Å². The van der Waals surface area contributed by atoms with Crippen molar-refractivity contribution in [2.24, 2.45) is 11.8 Å². The van der Waals surface area contributed by atoms with Gasteiger partial charge in [-0.1, -0.05) is 12.8 Å². The standard InChI is InChI=1S/C12H22O3/c13-7-8-15-12-6-5-11(14)9-3-1-2-4-10(9)12/h9-14H,1-8H2/t9-,10+,11+,12-/m0/s1. The van der Waals surface area contributed by atoms with Crippen molar-refractivity contribution in [2.75, 3.05) is 13.2 Å². The Morgan fingerprint density at radius 2 is 1.73 bits per heavy atom. The molecule has 88 valence electrons. The predicted molar refractivity (Wildman–Crippen MR) is 57.5 cm³/mol. The molecule has 0 spiro atoms. The first kappa shape index (κ1) is 11.4. The molecule has 0 heterocycles. The van der Waals surface area contributed by atoms with Crippen molar-refractivity contribution in [1.82, 2.24) is 0 Å². The van der Waals surface area contributed by atoms with Crippen LogP contribution in [0.1, 0.15) is 38.5 Å². The predicted octanol–water partition coefficient (Wildman–Crippen LogP) is 1.32. The molecule has 2 aliphatic carbocycles. The second kappa shape index (κ2) is 5.28. The molecule has 0 unspecified atom stereocenters. The molecule has 0 saturated heterocycles. The van der Waals surface area contributed by atoms with Crippen molar-refractivity contribution in [2.45, 2.75) is 50.7 Å². The van der Waals surface area contributed by atoms with Gasteiger partial charge in [-0.25, -0.2) is 0 Å². The Bertz CT molecular complexity index is 193. The molecule has 2 N–H and O–H groups in total. The largest absolute Gasteiger partial charge is 0.394 e. The zero-order valence-electron chi connectivity index (χ0n) is 9.27. The monoisotopic (exact) mass is 214 g/mol. The maximum atomic E-state index is 9.94. The van der Waals surface area contributed by atoms with Gasteiger partial charge in [-0.05, 0) is 37.5 Å². The van der Waals surface area contributed by atoms with Gasteiger partial charge in [-0.2, -0.15) is 0 Å². The number of hydrogen-bond donors (Lipinski definition) is 2. The van der Waals surface area contributed by atoms with Crippen LogP contribution in [-0.2, 0) is 4.74 Å². The van der Waals surface area contributed by atoms with E-state index in [-0.39, 0.29) is 18.8 Å². The minimum Gasteiger partial charge on any atom is -0.394 e. The van der Waals surface area contributed by atoms with Gasteiger partial charge in [0, 0.05) is 0 Å². The summed E-state index contributed by atoms with van der Waals surface area (Å²) in [4.78, 5) is 0. The highest BCUT2D eigenvalue weighted by Crippen LogP contribution is 2.41. The maximum absolute atomic E-state index is 9.94. The van der Waals surface area contributed by atoms with Crippen LogP contribution in [-0.4, -0.2) is 35.6 Å². The van der Waals surface area contributed by atoms with Gasteiger partial charge in [-0.15, -0.1) is 0 Å². The fraction of sp³-hybridized carbons (Fsp3) is 1.00. The van der Waals surface area contributed by atoms with Crippen molar-refractivity contribution >= 4 is 0 Å². The summed E-state index contributed by atoms with van der Waals surface area (Å²) in [5.74, 6) is 0.991. The van der Waals surface area contributed by atoms with Crippen LogP contribution in [0.4, 0.5) is 0 Å². The van der Waals surface area contributed by atoms with Gasteiger partial charge >= 0.3 is 0 Å². The average molecular weight is 214 g/mol. The second-order valence-electron chi connectivity index (χ2n) is 4.89. The molecule has 3 nitrogen and oxygen atoms in total. The highest BCUT2D eigenvalue weighted by Gasteiger charge is 2.40. The molecule has 15 heavy (non-hydrogen) atoms. The van der Waals surface area contributed by atoms with E-state index in [4.69, 9.17) is 9.84 Å². The van der Waals surface area contributed by atoms with Crippen LogP contribution in [0.15, 0.2) is 0 Å². The third-order valence-electron chi connectivity index (χ3n) is 4.02. The van der Waals surface area contributed by atoms with Crippen molar-refractivity contribution in [3.05, 3.63) is 0 Å². The first-order chi connectivity index (χ1) is 7.33. The molecule has 0 amide bonds. The highest BCUT2D eigenvalue weighted by molar-refractivity contribution is 4.90. The SMILES string of the molecule is OCCO[C@H]1CC[C@@H](O)[C@H]2CCCC[C@H]21. The number of aliphatic hydroxyl groups excluding tert-OH is 2. The summed E-state index contributed by atoms with van der Waals surface area (Å²) in [6.07, 6.45) is 6.88. The lowest BCUT2D eigenvalue weighted by Crippen LogP contribution is -2.44. The van der Waals surface area contributed by atoms with Crippen LogP contribution in [0, 0.1) is 11.8 Å². The van der Waals surface area contributed by atoms with Gasteiger partial charge < -0.3 is 14.9 Å². The van der Waals surface area contributed by atoms with E-state index in [0.29, 0.717) is 18.4 Å². The summed E-state index contributed by atoms with van der Waals surface area (Å²) in [7, 11) is 0. The van der Waals surface area contributed by atoms with E-state index >= 15 is 0 Å². The van der Waals surface area contributed by atoms with E-state index in [1.807, 2.05) is 0 Å². The second-order valence-corrected chi connectivity index (χ2v) is 4.89. The van der Waals surface area contributed by atoms with Crippen LogP contribution in [0.25, 0.3) is 0 Å². The van der Waals surface area contributed by atoms with Crippen LogP contribution in [0.2, 0.25) is 0 Å². The fourth-order valence-electron chi connectivity index (χ4n) is 3.30. The lowest BCUT2D eigenvalue weighted by Gasteiger charge is -2.43. The molecule has 2 rings (SSSR count). The molecule has 2 fully saturated rings. The fourth-order valence-corrected chi connectivity index (χ4v) is 3.30. The Hall–Kier alpha value is -0.120. The first-order valence-corrected chi connectivity index (χ1v) is 6.23. The van der Waals surface area contributed by atoms with Crippen molar-refractivity contribution in [1.29, 1.82) is 0 Å². The first-order valence-electron chi connectivity index (χ1n) is 6.23. The average Bonchev–Trinajstić information content (AvgIpc) is 2.29. The number of fused-ring (bicyclic) bond motifs is 1. The van der Waals surface area contributed by atoms with Crippen molar-refractivity contribution in [3.8, 4) is 0 Å². The third-order valence-corrected chi connectivity index (χ3v) is 4.02. The van der Waals surface area contributed by atoms with Gasteiger partial charge in [0.25, 0.3) is 0 Å². The molecule has 3 heteroatoms. The summed E-state index contributed by atoms with van der Waals surface area (Å²) < 4.78 is 5.69. The summed E-state index contributed by atoms with van der Waals surface area (Å²) >= 11 is 0. The van der Waals surface area contributed by atoms with Crippen LogP contribution >= 0.6 is 0 Å². The minimum atomic E-state index is -0.107. The Balaban J connectivity index is 1.94. The summed E-state index contributed by atoms with van der Waals surface area (Å²) in [5, 5.41) is 18.7. The van der Waals surface area contributed by atoms with Crippen molar-refractivity contribution in [3.63, 3.8) is 0 Å². The van der Waals surface area contributed by atoms with Crippen LogP contribution < -0.4 is 0 Å². The Kier molecular flexibility index (Phi) is 4.00. The molecule has 2 saturated carbocycles. The summed E-state index contributed by atoms with van der Waals surface area (Å²) in [6.45, 7) is 0.556. The number of aliphatic hydroxyl groups is 2. The quantitative estimate of drug-likeness (QED) is 0.745. The van der Waals surface area contributed by atoms with E-state index in [9.17, 15) is 5.11 Å². The van der Waals surface area contributed by atoms with Gasteiger partial charge in [0.2, 0.25) is 0 Å². The van der Waals surface area contributed by atoms with Crippen LogP contribution in [0.3, 0.4) is 0 Å².